The van der Waals surface area contributed by atoms with Crippen LogP contribution in [0.2, 0.25) is 0 Å². The number of H-pyrrole nitrogens is 1. The molecule has 5 heterocycles. The van der Waals surface area contributed by atoms with E-state index in [1.165, 1.54) is 23.8 Å². The fraction of sp³-hybridized carbons (Fsp3) is 0.361. The number of hydrogen-bond donors (Lipinski definition) is 1. The van der Waals surface area contributed by atoms with E-state index in [4.69, 9.17) is 0 Å². The van der Waals surface area contributed by atoms with Crippen molar-refractivity contribution in [3.8, 4) is 11.3 Å². The van der Waals surface area contributed by atoms with Crippen molar-refractivity contribution in [2.75, 3.05) is 18.0 Å². The number of carbonyl (C=O) groups is 1. The molecule has 0 unspecified atom stereocenters. The van der Waals surface area contributed by atoms with Gasteiger partial charge in [-0.05, 0) is 86.6 Å². The number of halogens is 2. The zero-order valence-electron chi connectivity index (χ0n) is 28.0. The van der Waals surface area contributed by atoms with E-state index in [1.54, 1.807) is 23.2 Å². The second kappa shape index (κ2) is 14.0. The van der Waals surface area contributed by atoms with Crippen molar-refractivity contribution in [2.45, 2.75) is 71.5 Å². The number of aryl methyl sites for hydroxylation is 4. The lowest BCUT2D eigenvalue weighted by atomic mass is 10.0. The third-order valence-electron chi connectivity index (χ3n) is 9.07. The molecule has 0 aliphatic carbocycles. The number of carbonyl (C=O) groups excluding carboxylic acids is 1. The molecule has 1 saturated heterocycles. The molecule has 0 saturated carbocycles. The zero-order valence-corrected chi connectivity index (χ0v) is 28.0. The van der Waals surface area contributed by atoms with Gasteiger partial charge in [-0.3, -0.25) is 14.8 Å². The zero-order chi connectivity index (χ0) is 34.8. The minimum Gasteiger partial charge on any atom is -0.349 e. The van der Waals surface area contributed by atoms with E-state index in [2.05, 4.69) is 56.7 Å². The van der Waals surface area contributed by atoms with Gasteiger partial charge in [0, 0.05) is 49.2 Å². The summed E-state index contributed by atoms with van der Waals surface area (Å²) in [4.78, 5) is 44.2. The van der Waals surface area contributed by atoms with Crippen LogP contribution in [0.25, 0.3) is 22.3 Å². The largest absolute Gasteiger partial charge is 0.349 e. The van der Waals surface area contributed by atoms with Crippen LogP contribution in [0.15, 0.2) is 66.2 Å². The minimum atomic E-state index is -0.755. The standard InChI is InChI=1S/C36H39F2N9O2/c1-6-32(48)45-19-23(5)46(20-22(45)4)35-28-17-30(38)33(41-34(28)42-36(49)43-35)27-15-25(8-10-29(27)37)12-14-47-26(18-40-44-47)9-7-24-11-13-39-31(16-24)21(2)3/h6,8,10-11,13,15-18,21-23H,1,7,9,12,14,19-20H2,2-5H3,(H,41,42,43,49)/t22-,23+/m1/s1. The molecule has 49 heavy (non-hydrogen) atoms. The first kappa shape index (κ1) is 33.6. The number of rotatable bonds is 10. The van der Waals surface area contributed by atoms with E-state index >= 15 is 8.78 Å². The fourth-order valence-electron chi connectivity index (χ4n) is 6.34. The van der Waals surface area contributed by atoms with Crippen LogP contribution in [0.5, 0.6) is 0 Å². The summed E-state index contributed by atoms with van der Waals surface area (Å²) in [5.41, 5.74) is 3.15. The Morgan fingerprint density at radius 2 is 1.82 bits per heavy atom. The maximum atomic E-state index is 15.9. The molecule has 1 fully saturated rings. The molecule has 13 heteroatoms. The molecule has 0 radical (unpaired) electrons. The molecule has 1 amide bonds. The number of fused-ring (bicyclic) bond motifs is 1. The van der Waals surface area contributed by atoms with E-state index in [-0.39, 0.29) is 46.1 Å². The fourth-order valence-corrected chi connectivity index (χ4v) is 6.34. The number of aromatic amines is 1. The van der Waals surface area contributed by atoms with E-state index in [0.29, 0.717) is 32.0 Å². The van der Waals surface area contributed by atoms with Crippen molar-refractivity contribution < 1.29 is 13.6 Å². The molecule has 2 atom stereocenters. The van der Waals surface area contributed by atoms with Crippen LogP contribution in [0.3, 0.4) is 0 Å². The first-order valence-corrected chi connectivity index (χ1v) is 16.4. The maximum absolute atomic E-state index is 15.9. The molecule has 5 aromatic rings. The highest BCUT2D eigenvalue weighted by Crippen LogP contribution is 2.32. The highest BCUT2D eigenvalue weighted by molar-refractivity contribution is 5.90. The van der Waals surface area contributed by atoms with Gasteiger partial charge >= 0.3 is 5.69 Å². The van der Waals surface area contributed by atoms with Gasteiger partial charge in [0.2, 0.25) is 5.91 Å². The molecule has 0 bridgehead atoms. The molecular weight excluding hydrogens is 628 g/mol. The number of benzene rings is 1. The van der Waals surface area contributed by atoms with Gasteiger partial charge in [0.05, 0.1) is 17.3 Å². The third-order valence-corrected chi connectivity index (χ3v) is 9.07. The van der Waals surface area contributed by atoms with E-state index in [0.717, 1.165) is 29.8 Å². The summed E-state index contributed by atoms with van der Waals surface area (Å²) in [6, 6.07) is 9.46. The van der Waals surface area contributed by atoms with Crippen LogP contribution in [-0.2, 0) is 30.6 Å². The Kier molecular flexibility index (Phi) is 9.61. The van der Waals surface area contributed by atoms with Gasteiger partial charge in [-0.15, -0.1) is 5.10 Å². The van der Waals surface area contributed by atoms with Crippen molar-refractivity contribution >= 4 is 22.8 Å². The van der Waals surface area contributed by atoms with Crippen molar-refractivity contribution in [2.24, 2.45) is 0 Å². The molecule has 1 aromatic carbocycles. The minimum absolute atomic E-state index is 0.0212. The van der Waals surface area contributed by atoms with Crippen LogP contribution in [0, 0.1) is 11.6 Å². The quantitative estimate of drug-likeness (QED) is 0.206. The van der Waals surface area contributed by atoms with Gasteiger partial charge in [0.25, 0.3) is 0 Å². The lowest BCUT2D eigenvalue weighted by Gasteiger charge is -2.44. The molecule has 4 aromatic heterocycles. The van der Waals surface area contributed by atoms with Crippen LogP contribution in [0.1, 0.15) is 56.1 Å². The lowest BCUT2D eigenvalue weighted by molar-refractivity contribution is -0.128. The Morgan fingerprint density at radius 1 is 1.02 bits per heavy atom. The molecular formula is C36H39F2N9O2. The van der Waals surface area contributed by atoms with Gasteiger partial charge in [0.1, 0.15) is 28.8 Å². The Hall–Kier alpha value is -5.33. The predicted octanol–water partition coefficient (Wildman–Crippen LogP) is 5.01. The lowest BCUT2D eigenvalue weighted by Crippen LogP contribution is -2.58. The summed E-state index contributed by atoms with van der Waals surface area (Å²) >= 11 is 0. The van der Waals surface area contributed by atoms with Gasteiger partial charge in [-0.2, -0.15) is 4.98 Å². The van der Waals surface area contributed by atoms with E-state index < -0.39 is 17.3 Å². The van der Waals surface area contributed by atoms with Gasteiger partial charge in [0.15, 0.2) is 0 Å². The van der Waals surface area contributed by atoms with Crippen LogP contribution >= 0.6 is 0 Å². The summed E-state index contributed by atoms with van der Waals surface area (Å²) in [6.45, 7) is 12.8. The van der Waals surface area contributed by atoms with Crippen molar-refractivity contribution in [1.82, 2.24) is 39.8 Å². The summed E-state index contributed by atoms with van der Waals surface area (Å²) in [7, 11) is 0. The third kappa shape index (κ3) is 7.10. The molecule has 1 aliphatic rings. The van der Waals surface area contributed by atoms with Gasteiger partial charge < -0.3 is 9.80 Å². The van der Waals surface area contributed by atoms with Gasteiger partial charge in [-0.25, -0.2) is 23.2 Å². The van der Waals surface area contributed by atoms with Crippen molar-refractivity contribution in [3.63, 3.8) is 0 Å². The van der Waals surface area contributed by atoms with Crippen LogP contribution in [0.4, 0.5) is 14.6 Å². The molecule has 11 nitrogen and oxygen atoms in total. The molecule has 6 rings (SSSR count). The summed E-state index contributed by atoms with van der Waals surface area (Å²) in [5.74, 6) is -0.985. The average molecular weight is 668 g/mol. The van der Waals surface area contributed by atoms with Crippen molar-refractivity contribution in [1.29, 1.82) is 0 Å². The highest BCUT2D eigenvalue weighted by atomic mass is 19.1. The number of nitrogens with one attached hydrogen (secondary N) is 1. The van der Waals surface area contributed by atoms with E-state index in [9.17, 15) is 9.59 Å². The van der Waals surface area contributed by atoms with Crippen molar-refractivity contribution in [3.05, 3.63) is 106 Å². The van der Waals surface area contributed by atoms with E-state index in [1.807, 2.05) is 35.7 Å². The SMILES string of the molecule is C=CC(=O)N1C[C@H](C)N(c2nc(=O)[nH]c3nc(-c4cc(CCn5nncc5CCc5ccnc(C(C)C)c5)ccc4F)c(F)cc23)C[C@H]1C. The first-order valence-electron chi connectivity index (χ1n) is 16.4. The topological polar surface area (TPSA) is 126 Å². The number of pyridine rings is 2. The monoisotopic (exact) mass is 667 g/mol. The first-order chi connectivity index (χ1) is 23.5. The molecule has 1 N–H and O–H groups in total. The van der Waals surface area contributed by atoms with Gasteiger partial charge in [-0.1, -0.05) is 31.7 Å². The summed E-state index contributed by atoms with van der Waals surface area (Å²) in [5, 5.41) is 8.65. The number of aromatic nitrogens is 7. The average Bonchev–Trinajstić information content (AvgIpc) is 3.54. The highest BCUT2D eigenvalue weighted by Gasteiger charge is 2.33. The Bertz CT molecular complexity index is 2080. The molecule has 254 valence electrons. The Balaban J connectivity index is 1.22. The number of hydrogen-bond acceptors (Lipinski definition) is 8. The maximum Gasteiger partial charge on any atom is 0.348 e. The second-order valence-corrected chi connectivity index (χ2v) is 12.9. The Labute approximate surface area is 282 Å². The summed E-state index contributed by atoms with van der Waals surface area (Å²) < 4.78 is 32.9. The molecule has 0 spiro atoms. The van der Waals surface area contributed by atoms with Crippen LogP contribution in [-0.4, -0.2) is 70.9 Å². The normalized spacial score (nSPS) is 16.5. The number of anilines is 1. The predicted molar refractivity (Wildman–Crippen MR) is 183 cm³/mol. The number of nitrogens with zero attached hydrogens (tertiary/aromatic N) is 8. The summed E-state index contributed by atoms with van der Waals surface area (Å²) in [6.07, 6.45) is 6.91. The number of amides is 1. The Morgan fingerprint density at radius 3 is 2.59 bits per heavy atom. The smallest absolute Gasteiger partial charge is 0.348 e. The number of piperazine rings is 1. The molecule has 1 aliphatic heterocycles. The second-order valence-electron chi connectivity index (χ2n) is 12.9. The van der Waals surface area contributed by atoms with Crippen LogP contribution < -0.4 is 10.6 Å².